The van der Waals surface area contributed by atoms with Crippen molar-refractivity contribution in [1.82, 2.24) is 5.16 Å². The van der Waals surface area contributed by atoms with Crippen molar-refractivity contribution >= 4 is 11.6 Å². The predicted octanol–water partition coefficient (Wildman–Crippen LogP) is 3.53. The number of rotatable bonds is 8. The lowest BCUT2D eigenvalue weighted by atomic mass is 10.2. The summed E-state index contributed by atoms with van der Waals surface area (Å²) < 4.78 is 26.4. The zero-order valence-electron chi connectivity index (χ0n) is 15.7. The fourth-order valence-electron chi connectivity index (χ4n) is 2.51. The molecule has 8 heteroatoms. The van der Waals surface area contributed by atoms with Gasteiger partial charge < -0.3 is 28.8 Å². The summed E-state index contributed by atoms with van der Waals surface area (Å²) >= 11 is 0. The Morgan fingerprint density at radius 1 is 1.00 bits per heavy atom. The van der Waals surface area contributed by atoms with Crippen molar-refractivity contribution in [2.75, 3.05) is 26.6 Å². The van der Waals surface area contributed by atoms with Crippen LogP contribution >= 0.6 is 0 Å². The number of benzene rings is 2. The fourth-order valence-corrected chi connectivity index (χ4v) is 2.51. The summed E-state index contributed by atoms with van der Waals surface area (Å²) in [5.41, 5.74) is 1.43. The molecule has 0 unspecified atom stereocenters. The highest BCUT2D eigenvalue weighted by molar-refractivity contribution is 6.02. The maximum Gasteiger partial charge on any atom is 0.294 e. The molecule has 0 atom stereocenters. The van der Waals surface area contributed by atoms with Crippen LogP contribution in [0.2, 0.25) is 0 Å². The largest absolute Gasteiger partial charge is 0.493 e. The lowest BCUT2D eigenvalue weighted by Crippen LogP contribution is -2.11. The van der Waals surface area contributed by atoms with Gasteiger partial charge >= 0.3 is 0 Å². The molecule has 1 N–H and O–H groups in total. The molecule has 0 saturated heterocycles. The average Bonchev–Trinajstić information content (AvgIpc) is 3.21. The van der Waals surface area contributed by atoms with Gasteiger partial charge in [-0.3, -0.25) is 4.79 Å². The van der Waals surface area contributed by atoms with Crippen molar-refractivity contribution < 1.29 is 28.3 Å². The summed E-state index contributed by atoms with van der Waals surface area (Å²) in [4.78, 5) is 12.4. The summed E-state index contributed by atoms with van der Waals surface area (Å²) in [6.07, 6.45) is 0. The van der Waals surface area contributed by atoms with E-state index in [-0.39, 0.29) is 11.6 Å². The van der Waals surface area contributed by atoms with Gasteiger partial charge in [0, 0.05) is 17.8 Å². The molecule has 1 aromatic heterocycles. The van der Waals surface area contributed by atoms with Gasteiger partial charge in [-0.2, -0.15) is 0 Å². The Morgan fingerprint density at radius 3 is 2.29 bits per heavy atom. The van der Waals surface area contributed by atoms with E-state index < -0.39 is 5.91 Å². The second-order valence-electron chi connectivity index (χ2n) is 5.67. The van der Waals surface area contributed by atoms with Crippen LogP contribution in [0.3, 0.4) is 0 Å². The molecule has 2 aromatic carbocycles. The molecular weight excluding hydrogens is 364 g/mol. The number of nitrogens with one attached hydrogen (secondary N) is 1. The maximum atomic E-state index is 12.4. The van der Waals surface area contributed by atoms with E-state index in [0.717, 1.165) is 5.56 Å². The minimum Gasteiger partial charge on any atom is -0.493 e. The molecule has 0 radical (unpaired) electrons. The van der Waals surface area contributed by atoms with Gasteiger partial charge in [-0.15, -0.1) is 0 Å². The highest BCUT2D eigenvalue weighted by Gasteiger charge is 2.18. The lowest BCUT2D eigenvalue weighted by molar-refractivity contribution is 0.0987. The van der Waals surface area contributed by atoms with Gasteiger partial charge in [0.25, 0.3) is 11.8 Å². The normalized spacial score (nSPS) is 10.2. The van der Waals surface area contributed by atoms with Gasteiger partial charge in [0.2, 0.25) is 11.5 Å². The Balaban J connectivity index is 1.69. The fraction of sp³-hybridized carbons (Fsp3) is 0.200. The summed E-state index contributed by atoms with van der Waals surface area (Å²) in [5, 5.41) is 6.46. The molecule has 8 nitrogen and oxygen atoms in total. The molecule has 0 aliphatic rings. The number of nitrogens with zero attached hydrogens (tertiary/aromatic N) is 1. The second kappa shape index (κ2) is 8.81. The molecule has 0 fully saturated rings. The molecule has 28 heavy (non-hydrogen) atoms. The first-order chi connectivity index (χ1) is 13.6. The lowest BCUT2D eigenvalue weighted by Gasteiger charge is -2.14. The number of hydrogen-bond acceptors (Lipinski definition) is 7. The van der Waals surface area contributed by atoms with Gasteiger partial charge in [0.1, 0.15) is 6.61 Å². The van der Waals surface area contributed by atoms with E-state index in [9.17, 15) is 4.79 Å². The number of aromatic nitrogens is 1. The first-order valence-electron chi connectivity index (χ1n) is 8.39. The minimum atomic E-state index is -0.490. The molecule has 0 aliphatic carbocycles. The van der Waals surface area contributed by atoms with Crippen LogP contribution in [0.5, 0.6) is 23.1 Å². The van der Waals surface area contributed by atoms with Crippen molar-refractivity contribution in [3.8, 4) is 23.1 Å². The van der Waals surface area contributed by atoms with Crippen LogP contribution in [0.4, 0.5) is 5.69 Å². The monoisotopic (exact) mass is 384 g/mol. The Labute approximate surface area is 162 Å². The third-order valence-electron chi connectivity index (χ3n) is 3.86. The zero-order valence-corrected chi connectivity index (χ0v) is 15.7. The molecule has 1 amide bonds. The van der Waals surface area contributed by atoms with Crippen LogP contribution in [0.25, 0.3) is 0 Å². The topological polar surface area (TPSA) is 92.1 Å². The van der Waals surface area contributed by atoms with Crippen molar-refractivity contribution in [3.05, 3.63) is 59.9 Å². The van der Waals surface area contributed by atoms with E-state index in [4.69, 9.17) is 23.5 Å². The summed E-state index contributed by atoms with van der Waals surface area (Å²) in [6.45, 7) is 0.321. The summed E-state index contributed by atoms with van der Waals surface area (Å²) in [5.74, 6) is 1.01. The number of carbonyl (C=O) groups excluding carboxylic acids is 1. The predicted molar refractivity (Wildman–Crippen MR) is 101 cm³/mol. The third-order valence-corrected chi connectivity index (χ3v) is 3.86. The Hall–Kier alpha value is -3.68. The molecule has 0 spiro atoms. The first kappa shape index (κ1) is 19.1. The SMILES string of the molecule is COc1cc(NC(=O)c2cc(OCc3ccccc3)no2)cc(OC)c1OC. The number of methoxy groups -OCH3 is 3. The number of carbonyl (C=O) groups is 1. The Morgan fingerprint density at radius 2 is 1.68 bits per heavy atom. The molecule has 1 heterocycles. The Bertz CT molecular complexity index is 914. The van der Waals surface area contributed by atoms with E-state index >= 15 is 0 Å². The van der Waals surface area contributed by atoms with Crippen LogP contribution in [0, 0.1) is 0 Å². The van der Waals surface area contributed by atoms with Crippen LogP contribution in [-0.4, -0.2) is 32.4 Å². The number of amides is 1. The van der Waals surface area contributed by atoms with Crippen LogP contribution in [-0.2, 0) is 6.61 Å². The maximum absolute atomic E-state index is 12.4. The standard InChI is InChI=1S/C20H20N2O6/c1-24-15-9-14(10-16(25-2)19(15)26-3)21-20(23)17-11-18(22-28-17)27-12-13-7-5-4-6-8-13/h4-11H,12H2,1-3H3,(H,21,23). The molecule has 0 bridgehead atoms. The quantitative estimate of drug-likeness (QED) is 0.635. The van der Waals surface area contributed by atoms with E-state index in [1.807, 2.05) is 30.3 Å². The number of ether oxygens (including phenoxy) is 4. The molecule has 3 rings (SSSR count). The van der Waals surface area contributed by atoms with Crippen LogP contribution < -0.4 is 24.3 Å². The van der Waals surface area contributed by atoms with Gasteiger partial charge in [0.05, 0.1) is 27.4 Å². The van der Waals surface area contributed by atoms with E-state index in [2.05, 4.69) is 10.5 Å². The third kappa shape index (κ3) is 4.35. The summed E-state index contributed by atoms with van der Waals surface area (Å²) in [7, 11) is 4.50. The average molecular weight is 384 g/mol. The van der Waals surface area contributed by atoms with Crippen LogP contribution in [0.1, 0.15) is 16.1 Å². The highest BCUT2D eigenvalue weighted by atomic mass is 16.5. The van der Waals surface area contributed by atoms with Crippen molar-refractivity contribution in [2.24, 2.45) is 0 Å². The molecule has 0 aliphatic heterocycles. The second-order valence-corrected chi connectivity index (χ2v) is 5.67. The number of anilines is 1. The van der Waals surface area contributed by atoms with Gasteiger partial charge in [0.15, 0.2) is 11.5 Å². The summed E-state index contributed by atoms with van der Waals surface area (Å²) in [6, 6.07) is 14.3. The number of hydrogen-bond donors (Lipinski definition) is 1. The van der Waals surface area contributed by atoms with E-state index in [1.54, 1.807) is 12.1 Å². The van der Waals surface area contributed by atoms with Gasteiger partial charge in [-0.1, -0.05) is 30.3 Å². The van der Waals surface area contributed by atoms with Gasteiger partial charge in [-0.25, -0.2) is 0 Å². The highest BCUT2D eigenvalue weighted by Crippen LogP contribution is 2.40. The molecule has 3 aromatic rings. The molecule has 0 saturated carbocycles. The van der Waals surface area contributed by atoms with Crippen molar-refractivity contribution in [1.29, 1.82) is 0 Å². The molecular formula is C20H20N2O6. The minimum absolute atomic E-state index is 0.0109. The Kier molecular flexibility index (Phi) is 6.01. The van der Waals surface area contributed by atoms with E-state index in [1.165, 1.54) is 27.4 Å². The first-order valence-corrected chi connectivity index (χ1v) is 8.39. The van der Waals surface area contributed by atoms with E-state index in [0.29, 0.717) is 29.5 Å². The zero-order chi connectivity index (χ0) is 19.9. The van der Waals surface area contributed by atoms with Crippen molar-refractivity contribution in [3.63, 3.8) is 0 Å². The van der Waals surface area contributed by atoms with Gasteiger partial charge in [-0.05, 0) is 10.7 Å². The molecule has 146 valence electrons. The van der Waals surface area contributed by atoms with Crippen LogP contribution in [0.15, 0.2) is 53.1 Å². The smallest absolute Gasteiger partial charge is 0.294 e. The van der Waals surface area contributed by atoms with Crippen molar-refractivity contribution in [2.45, 2.75) is 6.61 Å².